The molecule has 3 heteroatoms. The Hall–Kier alpha value is -1.77. The Morgan fingerprint density at radius 1 is 1.44 bits per heavy atom. The molecule has 1 aromatic heterocycles. The fourth-order valence-electron chi connectivity index (χ4n) is 2.54. The molecular weight excluding hydrogens is 204 g/mol. The van der Waals surface area contributed by atoms with Crippen molar-refractivity contribution in [1.82, 2.24) is 0 Å². The lowest BCUT2D eigenvalue weighted by atomic mass is 10.0. The molecule has 0 saturated heterocycles. The molecule has 82 valence electrons. The van der Waals surface area contributed by atoms with Crippen LogP contribution in [-0.2, 0) is 6.42 Å². The van der Waals surface area contributed by atoms with E-state index in [2.05, 4.69) is 6.92 Å². The van der Waals surface area contributed by atoms with Crippen LogP contribution < -0.4 is 5.63 Å². The van der Waals surface area contributed by atoms with Gasteiger partial charge < -0.3 is 9.52 Å². The highest BCUT2D eigenvalue weighted by Crippen LogP contribution is 2.35. The number of aromatic hydroxyl groups is 1. The predicted octanol–water partition coefficient (Wildman–Crippen LogP) is 2.55. The standard InChI is InChI=1S/C13H12O3/c1-7-2-4-10-9-5-3-8(14)6-11(9)16-13(15)12(7)10/h3,5-7,14H,2,4H2,1H3. The summed E-state index contributed by atoms with van der Waals surface area (Å²) in [5.41, 5.74) is 2.15. The molecule has 1 heterocycles. The van der Waals surface area contributed by atoms with Crippen molar-refractivity contribution in [2.24, 2.45) is 0 Å². The molecule has 0 amide bonds. The minimum Gasteiger partial charge on any atom is -0.508 e. The second kappa shape index (κ2) is 3.11. The van der Waals surface area contributed by atoms with Crippen molar-refractivity contribution in [2.75, 3.05) is 0 Å². The summed E-state index contributed by atoms with van der Waals surface area (Å²) >= 11 is 0. The lowest BCUT2D eigenvalue weighted by Gasteiger charge is -2.05. The number of phenolic OH excluding ortho intramolecular Hbond substituents is 1. The largest absolute Gasteiger partial charge is 0.508 e. The number of hydrogen-bond donors (Lipinski definition) is 1. The zero-order valence-electron chi connectivity index (χ0n) is 8.99. The third-order valence-corrected chi connectivity index (χ3v) is 3.36. The van der Waals surface area contributed by atoms with Gasteiger partial charge >= 0.3 is 5.63 Å². The van der Waals surface area contributed by atoms with Crippen molar-refractivity contribution >= 4 is 11.0 Å². The fraction of sp³-hybridized carbons (Fsp3) is 0.308. The van der Waals surface area contributed by atoms with Crippen molar-refractivity contribution in [1.29, 1.82) is 0 Å². The smallest absolute Gasteiger partial charge is 0.340 e. The molecule has 0 bridgehead atoms. The first-order valence-electron chi connectivity index (χ1n) is 5.45. The summed E-state index contributed by atoms with van der Waals surface area (Å²) in [6.45, 7) is 2.05. The summed E-state index contributed by atoms with van der Waals surface area (Å²) in [4.78, 5) is 11.8. The van der Waals surface area contributed by atoms with Gasteiger partial charge in [0.2, 0.25) is 0 Å². The van der Waals surface area contributed by atoms with Gasteiger partial charge in [-0.15, -0.1) is 0 Å². The van der Waals surface area contributed by atoms with Crippen LogP contribution in [0.3, 0.4) is 0 Å². The first kappa shape index (κ1) is 9.46. The van der Waals surface area contributed by atoms with E-state index in [0.29, 0.717) is 5.58 Å². The summed E-state index contributed by atoms with van der Waals surface area (Å²) in [5.74, 6) is 0.408. The number of rotatable bonds is 0. The Balaban J connectivity index is 2.45. The van der Waals surface area contributed by atoms with Gasteiger partial charge in [-0.25, -0.2) is 4.79 Å². The van der Waals surface area contributed by atoms with Gasteiger partial charge in [0.1, 0.15) is 11.3 Å². The van der Waals surface area contributed by atoms with Crippen LogP contribution in [0.5, 0.6) is 5.75 Å². The maximum atomic E-state index is 11.8. The van der Waals surface area contributed by atoms with E-state index in [1.807, 2.05) is 6.07 Å². The second-order valence-electron chi connectivity index (χ2n) is 4.40. The van der Waals surface area contributed by atoms with Gasteiger partial charge in [0.15, 0.2) is 0 Å². The zero-order valence-corrected chi connectivity index (χ0v) is 8.99. The van der Waals surface area contributed by atoms with Gasteiger partial charge in [0, 0.05) is 17.0 Å². The van der Waals surface area contributed by atoms with Crippen molar-refractivity contribution in [3.8, 4) is 5.75 Å². The molecule has 1 N–H and O–H groups in total. The highest BCUT2D eigenvalue weighted by molar-refractivity contribution is 5.83. The Morgan fingerprint density at radius 2 is 2.25 bits per heavy atom. The molecule has 1 aromatic carbocycles. The molecule has 0 fully saturated rings. The highest BCUT2D eigenvalue weighted by Gasteiger charge is 2.25. The topological polar surface area (TPSA) is 50.4 Å². The Morgan fingerprint density at radius 3 is 3.06 bits per heavy atom. The van der Waals surface area contributed by atoms with Gasteiger partial charge in [-0.3, -0.25) is 0 Å². The van der Waals surface area contributed by atoms with E-state index in [4.69, 9.17) is 4.42 Å². The fourth-order valence-corrected chi connectivity index (χ4v) is 2.54. The summed E-state index contributed by atoms with van der Waals surface area (Å²) in [7, 11) is 0. The third kappa shape index (κ3) is 1.18. The molecule has 0 aliphatic heterocycles. The van der Waals surface area contributed by atoms with Crippen LogP contribution in [0.2, 0.25) is 0 Å². The number of benzene rings is 1. The molecule has 16 heavy (non-hydrogen) atoms. The molecule has 1 atom stereocenters. The summed E-state index contributed by atoms with van der Waals surface area (Å²) < 4.78 is 5.24. The van der Waals surface area contributed by atoms with E-state index >= 15 is 0 Å². The van der Waals surface area contributed by atoms with E-state index < -0.39 is 0 Å². The van der Waals surface area contributed by atoms with Gasteiger partial charge in [0.25, 0.3) is 0 Å². The maximum absolute atomic E-state index is 11.8. The number of aryl methyl sites for hydroxylation is 1. The van der Waals surface area contributed by atoms with Crippen molar-refractivity contribution in [3.05, 3.63) is 39.7 Å². The molecule has 3 rings (SSSR count). The van der Waals surface area contributed by atoms with E-state index in [1.54, 1.807) is 6.07 Å². The van der Waals surface area contributed by atoms with Gasteiger partial charge in [-0.1, -0.05) is 6.92 Å². The van der Waals surface area contributed by atoms with Crippen molar-refractivity contribution in [3.63, 3.8) is 0 Å². The van der Waals surface area contributed by atoms with Crippen LogP contribution in [0.25, 0.3) is 11.0 Å². The molecule has 1 aliphatic rings. The molecule has 1 aliphatic carbocycles. The summed E-state index contributed by atoms with van der Waals surface area (Å²) in [5, 5.41) is 10.3. The molecule has 3 nitrogen and oxygen atoms in total. The Bertz CT molecular complexity index is 625. The predicted molar refractivity (Wildman–Crippen MR) is 60.9 cm³/mol. The number of fused-ring (bicyclic) bond motifs is 3. The van der Waals surface area contributed by atoms with Gasteiger partial charge in [0.05, 0.1) is 0 Å². The quantitative estimate of drug-likeness (QED) is 0.688. The zero-order chi connectivity index (χ0) is 11.3. The molecule has 2 aromatic rings. The number of phenols is 1. The minimum atomic E-state index is -0.252. The minimum absolute atomic E-state index is 0.127. The molecule has 0 radical (unpaired) electrons. The summed E-state index contributed by atoms with van der Waals surface area (Å²) in [6, 6.07) is 4.95. The average Bonchev–Trinajstić information content (AvgIpc) is 2.61. The van der Waals surface area contributed by atoms with Crippen LogP contribution in [0, 0.1) is 0 Å². The SMILES string of the molecule is CC1CCc2c1c(=O)oc1cc(O)ccc21. The summed E-state index contributed by atoms with van der Waals surface area (Å²) in [6.07, 6.45) is 1.92. The highest BCUT2D eigenvalue weighted by atomic mass is 16.4. The Kier molecular flexibility index (Phi) is 1.84. The van der Waals surface area contributed by atoms with E-state index in [9.17, 15) is 9.90 Å². The third-order valence-electron chi connectivity index (χ3n) is 3.36. The Labute approximate surface area is 92.3 Å². The van der Waals surface area contributed by atoms with Gasteiger partial charge in [-0.05, 0) is 36.5 Å². The first-order valence-corrected chi connectivity index (χ1v) is 5.45. The maximum Gasteiger partial charge on any atom is 0.340 e. The normalized spacial score (nSPS) is 18.9. The van der Waals surface area contributed by atoms with E-state index in [-0.39, 0.29) is 17.3 Å². The van der Waals surface area contributed by atoms with Gasteiger partial charge in [-0.2, -0.15) is 0 Å². The van der Waals surface area contributed by atoms with Crippen LogP contribution in [0.1, 0.15) is 30.4 Å². The number of hydrogen-bond acceptors (Lipinski definition) is 3. The van der Waals surface area contributed by atoms with Crippen LogP contribution >= 0.6 is 0 Å². The van der Waals surface area contributed by atoms with E-state index in [0.717, 1.165) is 29.4 Å². The van der Waals surface area contributed by atoms with Crippen LogP contribution in [0.15, 0.2) is 27.4 Å². The second-order valence-corrected chi connectivity index (χ2v) is 4.40. The first-order chi connectivity index (χ1) is 7.66. The van der Waals surface area contributed by atoms with Crippen LogP contribution in [0.4, 0.5) is 0 Å². The monoisotopic (exact) mass is 216 g/mol. The molecule has 1 unspecified atom stereocenters. The molecular formula is C13H12O3. The van der Waals surface area contributed by atoms with Crippen molar-refractivity contribution < 1.29 is 9.52 Å². The molecule has 0 saturated carbocycles. The van der Waals surface area contributed by atoms with E-state index in [1.165, 1.54) is 6.07 Å². The lowest BCUT2D eigenvalue weighted by Crippen LogP contribution is -2.08. The average molecular weight is 216 g/mol. The van der Waals surface area contributed by atoms with Crippen molar-refractivity contribution in [2.45, 2.75) is 25.7 Å². The lowest BCUT2D eigenvalue weighted by molar-refractivity contribution is 0.472. The van der Waals surface area contributed by atoms with Crippen LogP contribution in [-0.4, -0.2) is 5.11 Å². The molecule has 0 spiro atoms.